The summed E-state index contributed by atoms with van der Waals surface area (Å²) in [7, 11) is 1.63. The highest BCUT2D eigenvalue weighted by Gasteiger charge is 2.11. The number of benzene rings is 1. The summed E-state index contributed by atoms with van der Waals surface area (Å²) in [4.78, 5) is 19.6. The van der Waals surface area contributed by atoms with Gasteiger partial charge < -0.3 is 4.74 Å². The van der Waals surface area contributed by atoms with E-state index in [1.165, 1.54) is 6.92 Å². The van der Waals surface area contributed by atoms with Gasteiger partial charge in [0.05, 0.1) is 12.8 Å². The van der Waals surface area contributed by atoms with Crippen LogP contribution in [-0.2, 0) is 0 Å². The molecule has 0 spiro atoms. The van der Waals surface area contributed by atoms with Crippen LogP contribution in [0.2, 0.25) is 0 Å². The van der Waals surface area contributed by atoms with Gasteiger partial charge in [0.2, 0.25) is 0 Å². The maximum atomic E-state index is 11.3. The average molecular weight is 256 g/mol. The van der Waals surface area contributed by atoms with Crippen LogP contribution in [0.15, 0.2) is 24.4 Å². The van der Waals surface area contributed by atoms with E-state index in [-0.39, 0.29) is 11.6 Å². The highest BCUT2D eigenvalue weighted by molar-refractivity contribution is 5.90. The number of aromatic nitrogens is 2. The van der Waals surface area contributed by atoms with Crippen LogP contribution in [0.3, 0.4) is 0 Å². The molecule has 0 aliphatic carbocycles. The van der Waals surface area contributed by atoms with Crippen LogP contribution in [0, 0.1) is 13.8 Å². The molecule has 4 heteroatoms. The van der Waals surface area contributed by atoms with E-state index in [4.69, 9.17) is 4.74 Å². The van der Waals surface area contributed by atoms with E-state index in [1.54, 1.807) is 19.4 Å². The molecule has 2 aromatic rings. The second-order valence-corrected chi connectivity index (χ2v) is 4.46. The Balaban J connectivity index is 2.61. The van der Waals surface area contributed by atoms with Crippen LogP contribution in [0.5, 0.6) is 5.75 Å². The van der Waals surface area contributed by atoms with Crippen molar-refractivity contribution in [1.82, 2.24) is 9.97 Å². The molecular formula is C15H16N2O2. The van der Waals surface area contributed by atoms with Gasteiger partial charge in [0, 0.05) is 18.7 Å². The Morgan fingerprint density at radius 2 is 1.89 bits per heavy atom. The zero-order valence-corrected chi connectivity index (χ0v) is 11.5. The van der Waals surface area contributed by atoms with Gasteiger partial charge in [-0.05, 0) is 43.2 Å². The standard InChI is InChI=1S/C15H16N2O2/c1-9-7-12(14(19-4)8-10(9)2)13-5-6-16-15(17-13)11(3)18/h5-8H,1-4H3. The second-order valence-electron chi connectivity index (χ2n) is 4.46. The largest absolute Gasteiger partial charge is 0.496 e. The van der Waals surface area contributed by atoms with Crippen molar-refractivity contribution in [3.8, 4) is 17.0 Å². The zero-order valence-electron chi connectivity index (χ0n) is 11.5. The van der Waals surface area contributed by atoms with Gasteiger partial charge in [0.1, 0.15) is 5.75 Å². The Bertz CT molecular complexity index is 636. The predicted octanol–water partition coefficient (Wildman–Crippen LogP) is 2.97. The quantitative estimate of drug-likeness (QED) is 0.792. The summed E-state index contributed by atoms with van der Waals surface area (Å²) in [5, 5.41) is 0. The molecule has 0 unspecified atom stereocenters. The molecular weight excluding hydrogens is 240 g/mol. The van der Waals surface area contributed by atoms with E-state index in [0.29, 0.717) is 5.69 Å². The van der Waals surface area contributed by atoms with E-state index in [2.05, 4.69) is 9.97 Å². The van der Waals surface area contributed by atoms with Crippen LogP contribution in [0.4, 0.5) is 0 Å². The van der Waals surface area contributed by atoms with Crippen molar-refractivity contribution in [2.45, 2.75) is 20.8 Å². The molecule has 1 aromatic heterocycles. The molecule has 0 atom stereocenters. The summed E-state index contributed by atoms with van der Waals surface area (Å²) < 4.78 is 5.39. The van der Waals surface area contributed by atoms with Gasteiger partial charge in [-0.2, -0.15) is 0 Å². The third-order valence-electron chi connectivity index (χ3n) is 3.06. The third-order valence-corrected chi connectivity index (χ3v) is 3.06. The third kappa shape index (κ3) is 2.62. The molecule has 1 heterocycles. The number of Topliss-reactive ketones (excluding diaryl/α,β-unsaturated/α-hetero) is 1. The Hall–Kier alpha value is -2.23. The zero-order chi connectivity index (χ0) is 14.0. The molecule has 98 valence electrons. The fraction of sp³-hybridized carbons (Fsp3) is 0.267. The molecule has 0 saturated carbocycles. The maximum absolute atomic E-state index is 11.3. The maximum Gasteiger partial charge on any atom is 0.196 e. The first-order valence-electron chi connectivity index (χ1n) is 6.02. The van der Waals surface area contributed by atoms with E-state index < -0.39 is 0 Å². The van der Waals surface area contributed by atoms with Crippen molar-refractivity contribution in [3.05, 3.63) is 41.3 Å². The summed E-state index contributed by atoms with van der Waals surface area (Å²) >= 11 is 0. The van der Waals surface area contributed by atoms with Gasteiger partial charge in [-0.15, -0.1) is 0 Å². The molecule has 0 bridgehead atoms. The molecule has 0 aliphatic heterocycles. The lowest BCUT2D eigenvalue weighted by Gasteiger charge is -2.11. The van der Waals surface area contributed by atoms with Gasteiger partial charge in [0.25, 0.3) is 0 Å². The molecule has 0 N–H and O–H groups in total. The van der Waals surface area contributed by atoms with Crippen LogP contribution in [0.1, 0.15) is 28.7 Å². The number of ether oxygens (including phenoxy) is 1. The average Bonchev–Trinajstić information content (AvgIpc) is 2.41. The van der Waals surface area contributed by atoms with Crippen molar-refractivity contribution in [2.24, 2.45) is 0 Å². The highest BCUT2D eigenvalue weighted by Crippen LogP contribution is 2.31. The van der Waals surface area contributed by atoms with Crippen molar-refractivity contribution in [3.63, 3.8) is 0 Å². The van der Waals surface area contributed by atoms with Crippen LogP contribution >= 0.6 is 0 Å². The first-order chi connectivity index (χ1) is 9.02. The van der Waals surface area contributed by atoms with Gasteiger partial charge in [-0.1, -0.05) is 0 Å². The molecule has 19 heavy (non-hydrogen) atoms. The van der Waals surface area contributed by atoms with Crippen molar-refractivity contribution < 1.29 is 9.53 Å². The number of rotatable bonds is 3. The number of hydrogen-bond acceptors (Lipinski definition) is 4. The molecule has 0 amide bonds. The second kappa shape index (κ2) is 5.18. The summed E-state index contributed by atoms with van der Waals surface area (Å²) in [5.74, 6) is 0.818. The Kier molecular flexibility index (Phi) is 3.60. The van der Waals surface area contributed by atoms with Gasteiger partial charge in [0.15, 0.2) is 11.6 Å². The molecule has 0 aliphatic rings. The minimum atomic E-state index is -0.148. The van der Waals surface area contributed by atoms with Crippen molar-refractivity contribution >= 4 is 5.78 Å². The Morgan fingerprint density at radius 3 is 2.53 bits per heavy atom. The summed E-state index contributed by atoms with van der Waals surface area (Å²) in [6.45, 7) is 5.52. The minimum Gasteiger partial charge on any atom is -0.496 e. The van der Waals surface area contributed by atoms with Gasteiger partial charge in [-0.25, -0.2) is 9.97 Å². The SMILES string of the molecule is COc1cc(C)c(C)cc1-c1ccnc(C(C)=O)n1. The summed E-state index contributed by atoms with van der Waals surface area (Å²) in [6, 6.07) is 5.76. The van der Waals surface area contributed by atoms with E-state index in [9.17, 15) is 4.79 Å². The normalized spacial score (nSPS) is 10.3. The number of hydrogen-bond donors (Lipinski definition) is 0. The fourth-order valence-electron chi connectivity index (χ4n) is 1.84. The molecule has 0 radical (unpaired) electrons. The van der Waals surface area contributed by atoms with Crippen molar-refractivity contribution in [2.75, 3.05) is 7.11 Å². The lowest BCUT2D eigenvalue weighted by atomic mass is 10.0. The number of ketones is 1. The minimum absolute atomic E-state index is 0.148. The Labute approximate surface area is 112 Å². The Morgan fingerprint density at radius 1 is 1.21 bits per heavy atom. The van der Waals surface area contributed by atoms with Gasteiger partial charge >= 0.3 is 0 Å². The van der Waals surface area contributed by atoms with Crippen LogP contribution in [-0.4, -0.2) is 22.9 Å². The van der Waals surface area contributed by atoms with Crippen LogP contribution < -0.4 is 4.74 Å². The number of aryl methyl sites for hydroxylation is 2. The summed E-state index contributed by atoms with van der Waals surface area (Å²) in [5.41, 5.74) is 3.87. The van der Waals surface area contributed by atoms with E-state index in [1.807, 2.05) is 26.0 Å². The van der Waals surface area contributed by atoms with E-state index >= 15 is 0 Å². The summed E-state index contributed by atoms with van der Waals surface area (Å²) in [6.07, 6.45) is 1.59. The predicted molar refractivity (Wildman–Crippen MR) is 73.5 cm³/mol. The number of nitrogens with zero attached hydrogens (tertiary/aromatic N) is 2. The van der Waals surface area contributed by atoms with Crippen molar-refractivity contribution in [1.29, 1.82) is 0 Å². The molecule has 0 saturated heterocycles. The molecule has 1 aromatic carbocycles. The lowest BCUT2D eigenvalue weighted by molar-refractivity contribution is 0.100. The monoisotopic (exact) mass is 256 g/mol. The van der Waals surface area contributed by atoms with E-state index in [0.717, 1.165) is 22.4 Å². The highest BCUT2D eigenvalue weighted by atomic mass is 16.5. The number of carbonyl (C=O) groups is 1. The number of methoxy groups -OCH3 is 1. The topological polar surface area (TPSA) is 52.1 Å². The fourth-order valence-corrected chi connectivity index (χ4v) is 1.84. The molecule has 0 fully saturated rings. The first kappa shape index (κ1) is 13.2. The molecule has 4 nitrogen and oxygen atoms in total. The smallest absolute Gasteiger partial charge is 0.196 e. The number of carbonyl (C=O) groups excluding carboxylic acids is 1. The molecule has 2 rings (SSSR count). The lowest BCUT2D eigenvalue weighted by Crippen LogP contribution is -2.02. The van der Waals surface area contributed by atoms with Gasteiger partial charge in [-0.3, -0.25) is 4.79 Å². The first-order valence-corrected chi connectivity index (χ1v) is 6.02. The van der Waals surface area contributed by atoms with Crippen LogP contribution in [0.25, 0.3) is 11.3 Å².